The molecule has 2 aromatic heterocycles. The van der Waals surface area contributed by atoms with Crippen LogP contribution in [0, 0.1) is 13.8 Å². The van der Waals surface area contributed by atoms with Gasteiger partial charge in [0, 0.05) is 18.5 Å². The third-order valence-electron chi connectivity index (χ3n) is 4.41. The Morgan fingerprint density at radius 1 is 1.07 bits per heavy atom. The molecule has 29 heavy (non-hydrogen) atoms. The smallest absolute Gasteiger partial charge is 0.277 e. The molecular weight excluding hydrogens is 404 g/mol. The summed E-state index contributed by atoms with van der Waals surface area (Å²) in [5.41, 5.74) is 3.96. The molecule has 0 spiro atoms. The second-order valence-electron chi connectivity index (χ2n) is 6.64. The lowest BCUT2D eigenvalue weighted by Crippen LogP contribution is -2.15. The number of thioether (sulfide) groups is 1. The van der Waals surface area contributed by atoms with Crippen molar-refractivity contribution >= 4 is 44.9 Å². The van der Waals surface area contributed by atoms with Gasteiger partial charge in [0.15, 0.2) is 0 Å². The van der Waals surface area contributed by atoms with Gasteiger partial charge in [-0.15, -0.1) is 21.5 Å². The Morgan fingerprint density at radius 3 is 2.66 bits per heavy atom. The van der Waals surface area contributed by atoms with Crippen molar-refractivity contribution in [1.82, 2.24) is 15.2 Å². The van der Waals surface area contributed by atoms with E-state index in [1.165, 1.54) is 16.5 Å². The number of rotatable bonds is 7. The van der Waals surface area contributed by atoms with E-state index in [1.54, 1.807) is 11.3 Å². The number of hydrogen-bond donors (Lipinski definition) is 1. The number of thiazole rings is 1. The Bertz CT molecular complexity index is 1100. The van der Waals surface area contributed by atoms with E-state index < -0.39 is 0 Å². The molecule has 1 amide bonds. The molecule has 0 bridgehead atoms. The highest BCUT2D eigenvalue weighted by atomic mass is 32.2. The number of aryl methyl sites for hydroxylation is 4. The fourth-order valence-corrected chi connectivity index (χ4v) is 4.50. The second-order valence-corrected chi connectivity index (χ2v) is 8.68. The number of amides is 1. The molecule has 0 radical (unpaired) electrons. The van der Waals surface area contributed by atoms with Gasteiger partial charge in [-0.25, -0.2) is 4.98 Å². The number of fused-ring (bicyclic) bond motifs is 1. The lowest BCUT2D eigenvalue weighted by molar-refractivity contribution is -0.113. The van der Waals surface area contributed by atoms with Crippen LogP contribution in [-0.2, 0) is 17.6 Å². The topological polar surface area (TPSA) is 80.9 Å². The van der Waals surface area contributed by atoms with Crippen LogP contribution in [0.25, 0.3) is 10.2 Å². The number of nitrogens with zero attached hydrogens (tertiary/aromatic N) is 3. The van der Waals surface area contributed by atoms with E-state index in [9.17, 15) is 4.79 Å². The molecule has 0 unspecified atom stereocenters. The first-order valence-corrected chi connectivity index (χ1v) is 11.0. The maximum Gasteiger partial charge on any atom is 0.277 e. The third kappa shape index (κ3) is 4.83. The Hall–Kier alpha value is -2.71. The first-order valence-electron chi connectivity index (χ1n) is 9.24. The number of hydrogen-bond acceptors (Lipinski definition) is 7. The number of carbonyl (C=O) groups excluding carboxylic acids is 1. The molecule has 0 aliphatic carbocycles. The molecule has 0 aliphatic rings. The van der Waals surface area contributed by atoms with Gasteiger partial charge >= 0.3 is 0 Å². The van der Waals surface area contributed by atoms with Crippen LogP contribution < -0.4 is 5.32 Å². The minimum atomic E-state index is -0.0957. The van der Waals surface area contributed by atoms with Gasteiger partial charge in [-0.2, -0.15) is 0 Å². The maximum absolute atomic E-state index is 12.3. The fraction of sp³-hybridized carbons (Fsp3) is 0.238. The summed E-state index contributed by atoms with van der Waals surface area (Å²) in [4.78, 5) is 16.9. The van der Waals surface area contributed by atoms with Gasteiger partial charge in [0.25, 0.3) is 5.22 Å². The van der Waals surface area contributed by atoms with Crippen LogP contribution >= 0.6 is 23.1 Å². The Morgan fingerprint density at radius 2 is 1.86 bits per heavy atom. The molecule has 2 heterocycles. The van der Waals surface area contributed by atoms with E-state index >= 15 is 0 Å². The van der Waals surface area contributed by atoms with Gasteiger partial charge in [0.1, 0.15) is 0 Å². The summed E-state index contributed by atoms with van der Waals surface area (Å²) < 4.78 is 6.84. The van der Waals surface area contributed by atoms with Crippen LogP contribution in [0.2, 0.25) is 0 Å². The van der Waals surface area contributed by atoms with E-state index in [0.29, 0.717) is 17.5 Å². The normalized spacial score (nSPS) is 11.1. The number of aromatic nitrogens is 3. The second kappa shape index (κ2) is 8.75. The average molecular weight is 425 g/mol. The van der Waals surface area contributed by atoms with Crippen LogP contribution in [0.1, 0.15) is 22.0 Å². The monoisotopic (exact) mass is 424 g/mol. The zero-order valence-corrected chi connectivity index (χ0v) is 17.8. The molecule has 8 heteroatoms. The molecule has 0 fully saturated rings. The van der Waals surface area contributed by atoms with Gasteiger partial charge < -0.3 is 9.73 Å². The van der Waals surface area contributed by atoms with Crippen LogP contribution in [-0.4, -0.2) is 26.8 Å². The van der Waals surface area contributed by atoms with Gasteiger partial charge in [-0.1, -0.05) is 42.1 Å². The molecule has 4 aromatic rings. The predicted octanol–water partition coefficient (Wildman–Crippen LogP) is 4.81. The van der Waals surface area contributed by atoms with Gasteiger partial charge in [0.05, 0.1) is 21.0 Å². The van der Waals surface area contributed by atoms with Crippen molar-refractivity contribution in [2.75, 3.05) is 11.1 Å². The van der Waals surface area contributed by atoms with Crippen molar-refractivity contribution in [1.29, 1.82) is 0 Å². The van der Waals surface area contributed by atoms with Crippen molar-refractivity contribution in [3.8, 4) is 0 Å². The van der Waals surface area contributed by atoms with Crippen molar-refractivity contribution in [2.24, 2.45) is 0 Å². The summed E-state index contributed by atoms with van der Waals surface area (Å²) in [5.74, 6) is 0.677. The van der Waals surface area contributed by atoms with Crippen LogP contribution in [0.3, 0.4) is 0 Å². The highest BCUT2D eigenvalue weighted by molar-refractivity contribution is 7.99. The molecule has 0 saturated carbocycles. The first kappa shape index (κ1) is 19.6. The summed E-state index contributed by atoms with van der Waals surface area (Å²) in [6.07, 6.45) is 1.38. The molecule has 6 nitrogen and oxygen atoms in total. The average Bonchev–Trinajstić information content (AvgIpc) is 3.34. The fourth-order valence-electron chi connectivity index (χ4n) is 2.95. The quantitative estimate of drug-likeness (QED) is 0.429. The zero-order chi connectivity index (χ0) is 20.2. The molecular formula is C21H20N4O2S2. The minimum Gasteiger partial charge on any atom is -0.416 e. The van der Waals surface area contributed by atoms with E-state index in [2.05, 4.69) is 26.6 Å². The van der Waals surface area contributed by atoms with E-state index in [1.807, 2.05) is 50.2 Å². The molecule has 148 valence electrons. The number of anilines is 1. The summed E-state index contributed by atoms with van der Waals surface area (Å²) in [5, 5.41) is 12.5. The Labute approximate surface area is 176 Å². The Kier molecular flexibility index (Phi) is 5.92. The highest BCUT2D eigenvalue weighted by Gasteiger charge is 2.12. The van der Waals surface area contributed by atoms with Gasteiger partial charge in [-0.05, 0) is 37.1 Å². The standard InChI is InChI=1S/C21H20N4O2S2/c1-13-6-5-7-14(2)20(13)23-17(26)12-28-21-25-24-18(27-21)10-11-19-22-15-8-3-4-9-16(15)29-19/h3-9H,10-12H2,1-2H3,(H,23,26). The molecule has 0 saturated heterocycles. The van der Waals surface area contributed by atoms with Gasteiger partial charge in [-0.3, -0.25) is 4.79 Å². The minimum absolute atomic E-state index is 0.0957. The largest absolute Gasteiger partial charge is 0.416 e. The predicted molar refractivity (Wildman–Crippen MR) is 117 cm³/mol. The van der Waals surface area contributed by atoms with Crippen LogP contribution in [0.5, 0.6) is 0 Å². The number of carbonyl (C=O) groups is 1. The maximum atomic E-state index is 12.3. The zero-order valence-electron chi connectivity index (χ0n) is 16.1. The first-order chi connectivity index (χ1) is 14.1. The summed E-state index contributed by atoms with van der Waals surface area (Å²) in [7, 11) is 0. The number of para-hydroxylation sites is 2. The lowest BCUT2D eigenvalue weighted by Gasteiger charge is -2.10. The molecule has 2 aromatic carbocycles. The lowest BCUT2D eigenvalue weighted by atomic mass is 10.1. The van der Waals surface area contributed by atoms with Crippen molar-refractivity contribution in [3.63, 3.8) is 0 Å². The van der Waals surface area contributed by atoms with Crippen molar-refractivity contribution in [3.05, 3.63) is 64.5 Å². The molecule has 0 atom stereocenters. The van der Waals surface area contributed by atoms with Gasteiger partial charge in [0.2, 0.25) is 11.8 Å². The van der Waals surface area contributed by atoms with Crippen molar-refractivity contribution < 1.29 is 9.21 Å². The molecule has 4 rings (SSSR count). The van der Waals surface area contributed by atoms with E-state index in [4.69, 9.17) is 4.42 Å². The SMILES string of the molecule is Cc1cccc(C)c1NC(=O)CSc1nnc(CCc2nc3ccccc3s2)o1. The molecule has 1 N–H and O–H groups in total. The van der Waals surface area contributed by atoms with Crippen molar-refractivity contribution in [2.45, 2.75) is 31.9 Å². The van der Waals surface area contributed by atoms with Crippen LogP contribution in [0.15, 0.2) is 52.1 Å². The molecule has 0 aliphatic heterocycles. The van der Waals surface area contributed by atoms with E-state index in [0.717, 1.165) is 33.8 Å². The number of nitrogens with one attached hydrogen (secondary N) is 1. The third-order valence-corrected chi connectivity index (χ3v) is 6.33. The summed E-state index contributed by atoms with van der Waals surface area (Å²) >= 11 is 2.92. The summed E-state index contributed by atoms with van der Waals surface area (Å²) in [6.45, 7) is 3.96. The highest BCUT2D eigenvalue weighted by Crippen LogP contribution is 2.24. The summed E-state index contributed by atoms with van der Waals surface area (Å²) in [6, 6.07) is 14.0. The van der Waals surface area contributed by atoms with E-state index in [-0.39, 0.29) is 11.7 Å². The number of benzene rings is 2. The van der Waals surface area contributed by atoms with Crippen LogP contribution in [0.4, 0.5) is 5.69 Å². The Balaban J connectivity index is 1.29.